The molecule has 110 valence electrons. The van der Waals surface area contributed by atoms with E-state index < -0.39 is 11.9 Å². The van der Waals surface area contributed by atoms with Crippen molar-refractivity contribution in [3.8, 4) is 5.75 Å². The van der Waals surface area contributed by atoms with Gasteiger partial charge >= 0.3 is 5.97 Å². The Hall–Kier alpha value is -2.36. The molecule has 0 radical (unpaired) electrons. The summed E-state index contributed by atoms with van der Waals surface area (Å²) in [6, 6.07) is 13.4. The zero-order valence-electron chi connectivity index (χ0n) is 11.8. The number of halogens is 1. The van der Waals surface area contributed by atoms with Gasteiger partial charge in [0.15, 0.2) is 0 Å². The third-order valence-electron chi connectivity index (χ3n) is 3.36. The fourth-order valence-electron chi connectivity index (χ4n) is 2.24. The molecule has 1 atom stereocenters. The van der Waals surface area contributed by atoms with Crippen LogP contribution in [0.1, 0.15) is 11.1 Å². The second-order valence-electron chi connectivity index (χ2n) is 4.92. The van der Waals surface area contributed by atoms with E-state index in [9.17, 15) is 14.3 Å². The molecule has 1 unspecified atom stereocenters. The molecule has 2 aromatic rings. The average molecular weight is 288 g/mol. The predicted octanol–water partition coefficient (Wildman–Crippen LogP) is 3.32. The minimum Gasteiger partial charge on any atom is -0.497 e. The van der Waals surface area contributed by atoms with Crippen LogP contribution in [0.2, 0.25) is 0 Å². The molecule has 21 heavy (non-hydrogen) atoms. The maximum Gasteiger partial charge on any atom is 0.307 e. The van der Waals surface area contributed by atoms with E-state index in [1.54, 1.807) is 31.4 Å². The van der Waals surface area contributed by atoms with E-state index >= 15 is 0 Å². The van der Waals surface area contributed by atoms with E-state index in [0.29, 0.717) is 18.4 Å². The quantitative estimate of drug-likeness (QED) is 0.887. The molecular formula is C17H17FO3. The Morgan fingerprint density at radius 1 is 1.14 bits per heavy atom. The molecule has 0 amide bonds. The van der Waals surface area contributed by atoms with Gasteiger partial charge in [-0.1, -0.05) is 24.3 Å². The molecule has 0 fully saturated rings. The fraction of sp³-hybridized carbons (Fsp3) is 0.235. The van der Waals surface area contributed by atoms with E-state index in [0.717, 1.165) is 11.3 Å². The van der Waals surface area contributed by atoms with Gasteiger partial charge in [0.25, 0.3) is 0 Å². The summed E-state index contributed by atoms with van der Waals surface area (Å²) in [6.07, 6.45) is 0.703. The Kier molecular flexibility index (Phi) is 4.93. The first-order chi connectivity index (χ1) is 10.1. The minimum absolute atomic E-state index is 0.305. The number of carbonyl (C=O) groups is 1. The first-order valence-electron chi connectivity index (χ1n) is 6.68. The number of rotatable bonds is 6. The number of ether oxygens (including phenoxy) is 1. The summed E-state index contributed by atoms with van der Waals surface area (Å²) < 4.78 is 18.2. The van der Waals surface area contributed by atoms with Gasteiger partial charge in [0.1, 0.15) is 11.6 Å². The minimum atomic E-state index is -0.880. The lowest BCUT2D eigenvalue weighted by Crippen LogP contribution is -2.19. The van der Waals surface area contributed by atoms with Gasteiger partial charge in [0.05, 0.1) is 13.0 Å². The summed E-state index contributed by atoms with van der Waals surface area (Å²) in [7, 11) is 1.58. The molecule has 0 saturated carbocycles. The molecule has 0 aliphatic heterocycles. The van der Waals surface area contributed by atoms with Gasteiger partial charge in [-0.2, -0.15) is 0 Å². The van der Waals surface area contributed by atoms with Crippen molar-refractivity contribution in [1.29, 1.82) is 0 Å². The number of hydrogen-bond donors (Lipinski definition) is 1. The molecule has 2 aromatic carbocycles. The van der Waals surface area contributed by atoms with Crippen molar-refractivity contribution in [1.82, 2.24) is 0 Å². The highest BCUT2D eigenvalue weighted by molar-refractivity contribution is 5.70. The molecule has 3 nitrogen and oxygen atoms in total. The summed E-state index contributed by atoms with van der Waals surface area (Å²) in [4.78, 5) is 11.4. The van der Waals surface area contributed by atoms with Gasteiger partial charge in [0, 0.05) is 0 Å². The number of carboxylic acid groups (broad SMARTS) is 1. The van der Waals surface area contributed by atoms with E-state index in [1.807, 2.05) is 12.1 Å². The van der Waals surface area contributed by atoms with Crippen molar-refractivity contribution < 1.29 is 19.0 Å². The van der Waals surface area contributed by atoms with Crippen LogP contribution >= 0.6 is 0 Å². The lowest BCUT2D eigenvalue weighted by Gasteiger charge is -2.13. The summed E-state index contributed by atoms with van der Waals surface area (Å²) in [5, 5.41) is 9.35. The average Bonchev–Trinajstić information content (AvgIpc) is 2.47. The summed E-state index contributed by atoms with van der Waals surface area (Å²) in [5.74, 6) is -1.08. The maximum absolute atomic E-state index is 13.2. The second kappa shape index (κ2) is 6.88. The molecule has 0 spiro atoms. The second-order valence-corrected chi connectivity index (χ2v) is 4.92. The van der Waals surface area contributed by atoms with Gasteiger partial charge in [-0.3, -0.25) is 4.79 Å². The summed E-state index contributed by atoms with van der Waals surface area (Å²) >= 11 is 0. The molecule has 0 bridgehead atoms. The topological polar surface area (TPSA) is 46.5 Å². The predicted molar refractivity (Wildman–Crippen MR) is 77.9 cm³/mol. The molecular weight excluding hydrogens is 271 g/mol. The van der Waals surface area contributed by atoms with Crippen molar-refractivity contribution in [2.24, 2.45) is 5.92 Å². The molecule has 0 aliphatic rings. The third-order valence-corrected chi connectivity index (χ3v) is 3.36. The largest absolute Gasteiger partial charge is 0.497 e. The molecule has 0 aromatic heterocycles. The van der Waals surface area contributed by atoms with Crippen LogP contribution in [-0.2, 0) is 17.6 Å². The van der Waals surface area contributed by atoms with E-state index in [-0.39, 0.29) is 5.82 Å². The molecule has 0 heterocycles. The smallest absolute Gasteiger partial charge is 0.307 e. The number of benzene rings is 2. The fourth-order valence-corrected chi connectivity index (χ4v) is 2.24. The van der Waals surface area contributed by atoms with Crippen molar-refractivity contribution >= 4 is 5.97 Å². The van der Waals surface area contributed by atoms with Crippen LogP contribution in [0.3, 0.4) is 0 Å². The van der Waals surface area contributed by atoms with E-state index in [1.165, 1.54) is 12.1 Å². The van der Waals surface area contributed by atoms with Crippen LogP contribution in [0.15, 0.2) is 48.5 Å². The lowest BCUT2D eigenvalue weighted by atomic mass is 9.92. The zero-order valence-corrected chi connectivity index (χ0v) is 11.8. The highest BCUT2D eigenvalue weighted by atomic mass is 19.1. The Labute approximate surface area is 123 Å². The normalized spacial score (nSPS) is 11.9. The number of hydrogen-bond acceptors (Lipinski definition) is 2. The van der Waals surface area contributed by atoms with Gasteiger partial charge in [0.2, 0.25) is 0 Å². The Morgan fingerprint density at radius 2 is 1.81 bits per heavy atom. The monoisotopic (exact) mass is 288 g/mol. The van der Waals surface area contributed by atoms with Crippen molar-refractivity contribution in [2.75, 3.05) is 7.11 Å². The van der Waals surface area contributed by atoms with Crippen LogP contribution in [0.4, 0.5) is 4.39 Å². The van der Waals surface area contributed by atoms with Gasteiger partial charge < -0.3 is 9.84 Å². The summed E-state index contributed by atoms with van der Waals surface area (Å²) in [6.45, 7) is 0. The van der Waals surface area contributed by atoms with E-state index in [2.05, 4.69) is 0 Å². The van der Waals surface area contributed by atoms with Crippen LogP contribution < -0.4 is 4.74 Å². The van der Waals surface area contributed by atoms with Crippen LogP contribution in [0.25, 0.3) is 0 Å². The number of aliphatic carboxylic acids is 1. The highest BCUT2D eigenvalue weighted by Gasteiger charge is 2.19. The van der Waals surface area contributed by atoms with Crippen molar-refractivity contribution in [3.05, 3.63) is 65.5 Å². The molecule has 2 rings (SSSR count). The molecule has 0 saturated heterocycles. The Balaban J connectivity index is 2.10. The third kappa shape index (κ3) is 4.31. The highest BCUT2D eigenvalue weighted by Crippen LogP contribution is 2.18. The first kappa shape index (κ1) is 15.0. The molecule has 4 heteroatoms. The van der Waals surface area contributed by atoms with Crippen molar-refractivity contribution in [2.45, 2.75) is 12.8 Å². The first-order valence-corrected chi connectivity index (χ1v) is 6.68. The standard InChI is InChI=1S/C17H17FO3/c1-21-16-7-5-12(6-8-16)9-14(17(19)20)10-13-3-2-4-15(18)11-13/h2-8,11,14H,9-10H2,1H3,(H,19,20). The Morgan fingerprint density at radius 3 is 2.38 bits per heavy atom. The van der Waals surface area contributed by atoms with Gasteiger partial charge in [-0.15, -0.1) is 0 Å². The van der Waals surface area contributed by atoms with Crippen molar-refractivity contribution in [3.63, 3.8) is 0 Å². The number of carboxylic acids is 1. The Bertz CT molecular complexity index is 608. The van der Waals surface area contributed by atoms with Crippen LogP contribution in [-0.4, -0.2) is 18.2 Å². The number of methoxy groups -OCH3 is 1. The molecule has 1 N–H and O–H groups in total. The summed E-state index contributed by atoms with van der Waals surface area (Å²) in [5.41, 5.74) is 1.61. The van der Waals surface area contributed by atoms with Gasteiger partial charge in [-0.25, -0.2) is 4.39 Å². The van der Waals surface area contributed by atoms with Crippen LogP contribution in [0.5, 0.6) is 5.75 Å². The van der Waals surface area contributed by atoms with Crippen LogP contribution in [0, 0.1) is 11.7 Å². The van der Waals surface area contributed by atoms with E-state index in [4.69, 9.17) is 4.74 Å². The maximum atomic E-state index is 13.2. The zero-order chi connectivity index (χ0) is 15.2. The molecule has 0 aliphatic carbocycles. The van der Waals surface area contributed by atoms with Gasteiger partial charge in [-0.05, 0) is 48.2 Å². The lowest BCUT2D eigenvalue weighted by molar-refractivity contribution is -0.141. The SMILES string of the molecule is COc1ccc(CC(Cc2cccc(F)c2)C(=O)O)cc1.